The van der Waals surface area contributed by atoms with Crippen LogP contribution >= 0.6 is 0 Å². The number of rotatable bonds is 5. The number of ketones is 1. The molecule has 0 aliphatic heterocycles. The van der Waals surface area contributed by atoms with Crippen LogP contribution in [0.15, 0.2) is 36.4 Å². The van der Waals surface area contributed by atoms with Gasteiger partial charge in [0.15, 0.2) is 5.78 Å². The fourth-order valence-corrected chi connectivity index (χ4v) is 2.14. The molecule has 2 aromatic carbocycles. The molecule has 0 heterocycles. The highest BCUT2D eigenvalue weighted by molar-refractivity contribution is 6.03. The van der Waals surface area contributed by atoms with Gasteiger partial charge in [0.05, 0.1) is 23.7 Å². The second-order valence-electron chi connectivity index (χ2n) is 5.81. The third-order valence-corrected chi connectivity index (χ3v) is 3.54. The summed E-state index contributed by atoms with van der Waals surface area (Å²) in [6.07, 6.45) is 0.615. The van der Waals surface area contributed by atoms with Crippen LogP contribution in [0.1, 0.15) is 37.6 Å². The maximum Gasteiger partial charge on any atom is 0.163 e. The number of hydrogen-bond donors (Lipinski definition) is 0. The van der Waals surface area contributed by atoms with E-state index in [4.69, 9.17) is 10.00 Å². The molecule has 0 unspecified atom stereocenters. The van der Waals surface area contributed by atoms with Crippen LogP contribution < -0.4 is 4.74 Å². The fraction of sp³-hybridized carbons (Fsp3) is 0.333. The first kappa shape index (κ1) is 15.1. The molecule has 0 spiro atoms. The molecular formula is C18H19NO2. The summed E-state index contributed by atoms with van der Waals surface area (Å²) < 4.78 is 5.88. The van der Waals surface area contributed by atoms with Gasteiger partial charge in [-0.1, -0.05) is 30.3 Å². The van der Waals surface area contributed by atoms with E-state index in [2.05, 4.69) is 6.07 Å². The minimum Gasteiger partial charge on any atom is -0.492 e. The van der Waals surface area contributed by atoms with Crippen LogP contribution in [0.2, 0.25) is 0 Å². The predicted octanol–water partition coefficient (Wildman–Crippen LogP) is 4.36. The van der Waals surface area contributed by atoms with Crippen LogP contribution in [0.4, 0.5) is 0 Å². The lowest BCUT2D eigenvalue weighted by atomic mass is 9.92. The molecular weight excluding hydrogens is 262 g/mol. The molecule has 0 saturated carbocycles. The van der Waals surface area contributed by atoms with Crippen molar-refractivity contribution in [3.05, 3.63) is 42.0 Å². The van der Waals surface area contributed by atoms with E-state index in [1.807, 2.05) is 44.2 Å². The molecule has 0 radical (unpaired) electrons. The van der Waals surface area contributed by atoms with Crippen LogP contribution in [0.5, 0.6) is 5.75 Å². The van der Waals surface area contributed by atoms with Crippen molar-refractivity contribution in [2.75, 3.05) is 6.61 Å². The van der Waals surface area contributed by atoms with Crippen molar-refractivity contribution in [3.8, 4) is 11.8 Å². The number of fused-ring (bicyclic) bond motifs is 1. The van der Waals surface area contributed by atoms with Crippen LogP contribution in [0.25, 0.3) is 10.8 Å². The third kappa shape index (κ3) is 3.41. The summed E-state index contributed by atoms with van der Waals surface area (Å²) in [5, 5.41) is 11.0. The number of carbonyl (C=O) groups is 1. The monoisotopic (exact) mass is 281 g/mol. The Morgan fingerprint density at radius 2 is 1.95 bits per heavy atom. The normalized spacial score (nSPS) is 11.1. The van der Waals surface area contributed by atoms with Crippen molar-refractivity contribution in [1.82, 2.24) is 0 Å². The predicted molar refractivity (Wildman–Crippen MR) is 83.5 cm³/mol. The van der Waals surface area contributed by atoms with E-state index in [1.54, 1.807) is 6.07 Å². The number of ether oxygens (including phenoxy) is 1. The van der Waals surface area contributed by atoms with Crippen LogP contribution in [-0.4, -0.2) is 12.4 Å². The van der Waals surface area contributed by atoms with Gasteiger partial charge in [0.1, 0.15) is 5.75 Å². The lowest BCUT2D eigenvalue weighted by Gasteiger charge is -2.17. The minimum atomic E-state index is -0.430. The zero-order valence-electron chi connectivity index (χ0n) is 12.6. The Bertz CT molecular complexity index is 711. The average Bonchev–Trinajstić information content (AvgIpc) is 2.47. The van der Waals surface area contributed by atoms with Crippen molar-refractivity contribution < 1.29 is 9.53 Å². The summed E-state index contributed by atoms with van der Waals surface area (Å²) in [6.45, 7) is 5.71. The van der Waals surface area contributed by atoms with Gasteiger partial charge in [-0.2, -0.15) is 5.26 Å². The van der Waals surface area contributed by atoms with Crippen molar-refractivity contribution in [2.24, 2.45) is 5.41 Å². The van der Waals surface area contributed by atoms with Crippen molar-refractivity contribution in [1.29, 1.82) is 5.26 Å². The molecule has 0 aliphatic carbocycles. The van der Waals surface area contributed by atoms with E-state index in [0.29, 0.717) is 24.3 Å². The molecule has 2 rings (SSSR count). The van der Waals surface area contributed by atoms with E-state index in [9.17, 15) is 4.79 Å². The Morgan fingerprint density at radius 3 is 2.62 bits per heavy atom. The van der Waals surface area contributed by atoms with Crippen LogP contribution in [0, 0.1) is 16.7 Å². The lowest BCUT2D eigenvalue weighted by Crippen LogP contribution is -2.14. The molecule has 0 aliphatic rings. The molecule has 108 valence electrons. The number of hydrogen-bond acceptors (Lipinski definition) is 3. The number of benzene rings is 2. The smallest absolute Gasteiger partial charge is 0.163 e. The highest BCUT2D eigenvalue weighted by Gasteiger charge is 2.18. The number of nitriles is 1. The van der Waals surface area contributed by atoms with E-state index in [1.165, 1.54) is 6.92 Å². The lowest BCUT2D eigenvalue weighted by molar-refractivity contribution is 0.101. The molecule has 0 aromatic heterocycles. The molecule has 21 heavy (non-hydrogen) atoms. The summed E-state index contributed by atoms with van der Waals surface area (Å²) in [4.78, 5) is 11.8. The van der Waals surface area contributed by atoms with Crippen LogP contribution in [-0.2, 0) is 0 Å². The van der Waals surface area contributed by atoms with Crippen LogP contribution in [0.3, 0.4) is 0 Å². The first-order valence-electron chi connectivity index (χ1n) is 7.01. The van der Waals surface area contributed by atoms with Gasteiger partial charge in [-0.3, -0.25) is 4.79 Å². The van der Waals surface area contributed by atoms with Gasteiger partial charge in [-0.15, -0.1) is 0 Å². The van der Waals surface area contributed by atoms with E-state index < -0.39 is 5.41 Å². The number of Topliss-reactive ketones (excluding diaryl/α,β-unsaturated/α-hetero) is 1. The quantitative estimate of drug-likeness (QED) is 0.765. The Labute approximate surface area is 125 Å². The minimum absolute atomic E-state index is 0.0182. The SMILES string of the molecule is CC(=O)c1ccc2ccccc2c1OCCC(C)(C)C#N. The first-order chi connectivity index (χ1) is 9.94. The Hall–Kier alpha value is -2.34. The van der Waals surface area contributed by atoms with E-state index in [0.717, 1.165) is 10.8 Å². The fourth-order valence-electron chi connectivity index (χ4n) is 2.14. The first-order valence-corrected chi connectivity index (χ1v) is 7.01. The molecule has 0 fully saturated rings. The van der Waals surface area contributed by atoms with Crippen molar-refractivity contribution in [3.63, 3.8) is 0 Å². The second kappa shape index (κ2) is 5.97. The second-order valence-corrected chi connectivity index (χ2v) is 5.81. The highest BCUT2D eigenvalue weighted by atomic mass is 16.5. The van der Waals surface area contributed by atoms with Gasteiger partial charge in [-0.25, -0.2) is 0 Å². The molecule has 0 N–H and O–H groups in total. The summed E-state index contributed by atoms with van der Waals surface area (Å²) in [5.74, 6) is 0.602. The Balaban J connectivity index is 2.34. The van der Waals surface area contributed by atoms with Gasteiger partial charge < -0.3 is 4.74 Å². The molecule has 3 heteroatoms. The number of carbonyl (C=O) groups excluding carboxylic acids is 1. The zero-order valence-corrected chi connectivity index (χ0v) is 12.6. The molecule has 0 bridgehead atoms. The van der Waals surface area contributed by atoms with E-state index >= 15 is 0 Å². The van der Waals surface area contributed by atoms with Gasteiger partial charge in [0.25, 0.3) is 0 Å². The van der Waals surface area contributed by atoms with Crippen molar-refractivity contribution >= 4 is 16.6 Å². The summed E-state index contributed by atoms with van der Waals surface area (Å²) >= 11 is 0. The summed E-state index contributed by atoms with van der Waals surface area (Å²) in [5.41, 5.74) is 0.157. The molecule has 0 saturated heterocycles. The standard InChI is InChI=1S/C18H19NO2/c1-13(20)15-9-8-14-6-4-5-7-16(14)17(15)21-11-10-18(2,3)12-19/h4-9H,10-11H2,1-3H3. The summed E-state index contributed by atoms with van der Waals surface area (Å²) in [6, 6.07) is 13.8. The molecule has 0 amide bonds. The topological polar surface area (TPSA) is 50.1 Å². The third-order valence-electron chi connectivity index (χ3n) is 3.54. The average molecular weight is 281 g/mol. The molecule has 2 aromatic rings. The van der Waals surface area contributed by atoms with Gasteiger partial charge >= 0.3 is 0 Å². The number of nitrogens with zero attached hydrogens (tertiary/aromatic N) is 1. The van der Waals surface area contributed by atoms with Crippen molar-refractivity contribution in [2.45, 2.75) is 27.2 Å². The highest BCUT2D eigenvalue weighted by Crippen LogP contribution is 2.31. The van der Waals surface area contributed by atoms with Gasteiger partial charge in [0, 0.05) is 5.39 Å². The van der Waals surface area contributed by atoms with Gasteiger partial charge in [0.2, 0.25) is 0 Å². The zero-order chi connectivity index (χ0) is 15.5. The maximum absolute atomic E-state index is 11.8. The summed E-state index contributed by atoms with van der Waals surface area (Å²) in [7, 11) is 0. The maximum atomic E-state index is 11.8. The largest absolute Gasteiger partial charge is 0.492 e. The molecule has 3 nitrogen and oxygen atoms in total. The Kier molecular flexibility index (Phi) is 4.28. The molecule has 0 atom stereocenters. The Morgan fingerprint density at radius 1 is 1.24 bits per heavy atom. The van der Waals surface area contributed by atoms with E-state index in [-0.39, 0.29) is 5.78 Å². The van der Waals surface area contributed by atoms with Gasteiger partial charge in [-0.05, 0) is 38.6 Å².